The monoisotopic (exact) mass is 253 g/mol. The molecule has 6 heteroatoms. The lowest BCUT2D eigenvalue weighted by molar-refractivity contribution is -0.125. The molecule has 0 aromatic heterocycles. The molecule has 0 unspecified atom stereocenters. The molecule has 0 aliphatic carbocycles. The van der Waals surface area contributed by atoms with Gasteiger partial charge in [-0.15, -0.1) is 0 Å². The highest BCUT2D eigenvalue weighted by molar-refractivity contribution is 5.95. The van der Waals surface area contributed by atoms with Crippen LogP contribution in [0.3, 0.4) is 0 Å². The lowest BCUT2D eigenvalue weighted by Crippen LogP contribution is -2.30. The van der Waals surface area contributed by atoms with E-state index in [2.05, 4.69) is 0 Å². The van der Waals surface area contributed by atoms with Crippen LogP contribution in [0.4, 0.5) is 0 Å². The van der Waals surface area contributed by atoms with E-state index in [0.717, 1.165) is 0 Å². The van der Waals surface area contributed by atoms with Gasteiger partial charge in [-0.05, 0) is 19.1 Å². The van der Waals surface area contributed by atoms with Crippen LogP contribution in [-0.2, 0) is 9.53 Å². The van der Waals surface area contributed by atoms with Gasteiger partial charge < -0.3 is 19.9 Å². The average Bonchev–Trinajstić information content (AvgIpc) is 2.37. The summed E-state index contributed by atoms with van der Waals surface area (Å²) in [5.74, 6) is -0.761. The lowest BCUT2D eigenvalue weighted by atomic mass is 10.2. The molecule has 0 aliphatic rings. The molecule has 0 saturated heterocycles. The van der Waals surface area contributed by atoms with Gasteiger partial charge in [0.15, 0.2) is 17.6 Å². The van der Waals surface area contributed by atoms with Crippen molar-refractivity contribution in [2.45, 2.75) is 13.0 Å². The number of benzene rings is 1. The first kappa shape index (κ1) is 13.8. The van der Waals surface area contributed by atoms with Gasteiger partial charge in [0.05, 0.1) is 14.2 Å². The number of hydrogen-bond donors (Lipinski definition) is 1. The molecule has 1 amide bonds. The standard InChI is InChI=1S/C12H15NO5/c1-7(11(13)14)18-12(15)8-5-4-6-9(16-2)10(8)17-3/h4-7H,1-3H3,(H2,13,14)/t7-/m1/s1. The normalized spacial score (nSPS) is 11.5. The Morgan fingerprint density at radius 3 is 2.39 bits per heavy atom. The molecular weight excluding hydrogens is 238 g/mol. The second-order valence-electron chi connectivity index (χ2n) is 3.49. The van der Waals surface area contributed by atoms with Gasteiger partial charge in [-0.25, -0.2) is 4.79 Å². The molecule has 2 N–H and O–H groups in total. The number of para-hydroxylation sites is 1. The smallest absolute Gasteiger partial charge is 0.342 e. The van der Waals surface area contributed by atoms with E-state index in [1.54, 1.807) is 12.1 Å². The lowest BCUT2D eigenvalue weighted by Gasteiger charge is -2.13. The van der Waals surface area contributed by atoms with Gasteiger partial charge in [0.1, 0.15) is 5.56 Å². The number of ether oxygens (including phenoxy) is 3. The van der Waals surface area contributed by atoms with E-state index in [1.807, 2.05) is 0 Å². The highest BCUT2D eigenvalue weighted by atomic mass is 16.6. The van der Waals surface area contributed by atoms with E-state index in [9.17, 15) is 9.59 Å². The third kappa shape index (κ3) is 2.91. The number of esters is 1. The van der Waals surface area contributed by atoms with Gasteiger partial charge in [0.2, 0.25) is 0 Å². The summed E-state index contributed by atoms with van der Waals surface area (Å²) in [4.78, 5) is 22.7. The first-order valence-corrected chi connectivity index (χ1v) is 5.22. The van der Waals surface area contributed by atoms with Crippen molar-refractivity contribution in [3.05, 3.63) is 23.8 Å². The van der Waals surface area contributed by atoms with Crippen LogP contribution in [0.5, 0.6) is 11.5 Å². The van der Waals surface area contributed by atoms with E-state index in [0.29, 0.717) is 5.75 Å². The first-order valence-electron chi connectivity index (χ1n) is 5.22. The summed E-state index contributed by atoms with van der Waals surface area (Å²) >= 11 is 0. The van der Waals surface area contributed by atoms with Crippen molar-refractivity contribution in [3.63, 3.8) is 0 Å². The summed E-state index contributed by atoms with van der Waals surface area (Å²) in [6.07, 6.45) is -1.01. The molecule has 0 saturated carbocycles. The minimum absolute atomic E-state index is 0.171. The average molecular weight is 253 g/mol. The van der Waals surface area contributed by atoms with E-state index in [4.69, 9.17) is 19.9 Å². The maximum Gasteiger partial charge on any atom is 0.342 e. The molecule has 0 heterocycles. The van der Waals surface area contributed by atoms with Crippen LogP contribution in [0.1, 0.15) is 17.3 Å². The minimum Gasteiger partial charge on any atom is -0.493 e. The Bertz CT molecular complexity index is 458. The van der Waals surface area contributed by atoms with Gasteiger partial charge in [0, 0.05) is 0 Å². The van der Waals surface area contributed by atoms with Gasteiger partial charge in [-0.2, -0.15) is 0 Å². The maximum atomic E-state index is 11.8. The van der Waals surface area contributed by atoms with Crippen molar-refractivity contribution in [1.29, 1.82) is 0 Å². The van der Waals surface area contributed by atoms with E-state index in [1.165, 1.54) is 27.2 Å². The van der Waals surface area contributed by atoms with Gasteiger partial charge >= 0.3 is 5.97 Å². The first-order chi connectivity index (χ1) is 8.51. The summed E-state index contributed by atoms with van der Waals surface area (Å²) < 4.78 is 15.0. The molecule has 1 aromatic rings. The fraction of sp³-hybridized carbons (Fsp3) is 0.333. The van der Waals surface area contributed by atoms with Crippen LogP contribution in [0.2, 0.25) is 0 Å². The van der Waals surface area contributed by atoms with Crippen LogP contribution in [-0.4, -0.2) is 32.2 Å². The molecule has 0 spiro atoms. The number of primary amides is 1. The molecule has 18 heavy (non-hydrogen) atoms. The number of amides is 1. The van der Waals surface area contributed by atoms with Gasteiger partial charge in [-0.3, -0.25) is 4.79 Å². The number of nitrogens with two attached hydrogens (primary N) is 1. The third-order valence-electron chi connectivity index (χ3n) is 2.31. The van der Waals surface area contributed by atoms with Crippen molar-refractivity contribution in [2.75, 3.05) is 14.2 Å². The zero-order chi connectivity index (χ0) is 13.7. The molecule has 98 valence electrons. The molecule has 1 atom stereocenters. The third-order valence-corrected chi connectivity index (χ3v) is 2.31. The maximum absolute atomic E-state index is 11.8. The van der Waals surface area contributed by atoms with E-state index < -0.39 is 18.0 Å². The Hall–Kier alpha value is -2.24. The largest absolute Gasteiger partial charge is 0.493 e. The molecule has 0 bridgehead atoms. The Balaban J connectivity index is 3.02. The molecule has 1 rings (SSSR count). The van der Waals surface area contributed by atoms with E-state index in [-0.39, 0.29) is 11.3 Å². The topological polar surface area (TPSA) is 87.9 Å². The number of carbonyl (C=O) groups excluding carboxylic acids is 2. The summed E-state index contributed by atoms with van der Waals surface area (Å²) in [6.45, 7) is 1.40. The molecule has 6 nitrogen and oxygen atoms in total. The van der Waals surface area contributed by atoms with Crippen molar-refractivity contribution in [1.82, 2.24) is 0 Å². The summed E-state index contributed by atoms with van der Waals surface area (Å²) in [5.41, 5.74) is 5.19. The predicted molar refractivity (Wildman–Crippen MR) is 63.6 cm³/mol. The number of methoxy groups -OCH3 is 2. The van der Waals surface area contributed by atoms with Crippen LogP contribution >= 0.6 is 0 Å². The minimum atomic E-state index is -1.01. The highest BCUT2D eigenvalue weighted by Crippen LogP contribution is 2.31. The van der Waals surface area contributed by atoms with Crippen LogP contribution < -0.4 is 15.2 Å². The van der Waals surface area contributed by atoms with Crippen molar-refractivity contribution in [3.8, 4) is 11.5 Å². The zero-order valence-electron chi connectivity index (χ0n) is 10.4. The fourth-order valence-electron chi connectivity index (χ4n) is 1.33. The predicted octanol–water partition coefficient (Wildman–Crippen LogP) is 0.734. The van der Waals surface area contributed by atoms with Crippen LogP contribution in [0, 0.1) is 0 Å². The quantitative estimate of drug-likeness (QED) is 0.782. The molecule has 1 aromatic carbocycles. The molecule has 0 aliphatic heterocycles. The van der Waals surface area contributed by atoms with Crippen molar-refractivity contribution < 1.29 is 23.8 Å². The summed E-state index contributed by atoms with van der Waals surface area (Å²) in [7, 11) is 2.87. The number of carbonyl (C=O) groups is 2. The van der Waals surface area contributed by atoms with Crippen LogP contribution in [0.25, 0.3) is 0 Å². The number of rotatable bonds is 5. The zero-order valence-corrected chi connectivity index (χ0v) is 10.4. The van der Waals surface area contributed by atoms with Crippen LogP contribution in [0.15, 0.2) is 18.2 Å². The second-order valence-corrected chi connectivity index (χ2v) is 3.49. The second kappa shape index (κ2) is 5.90. The fourth-order valence-corrected chi connectivity index (χ4v) is 1.33. The number of hydrogen-bond acceptors (Lipinski definition) is 5. The van der Waals surface area contributed by atoms with Gasteiger partial charge in [-0.1, -0.05) is 6.07 Å². The highest BCUT2D eigenvalue weighted by Gasteiger charge is 2.21. The van der Waals surface area contributed by atoms with Crippen molar-refractivity contribution in [2.24, 2.45) is 5.73 Å². The Labute approximate surface area is 105 Å². The summed E-state index contributed by atoms with van der Waals surface area (Å²) in [5, 5.41) is 0. The van der Waals surface area contributed by atoms with Crippen molar-refractivity contribution >= 4 is 11.9 Å². The Morgan fingerprint density at radius 2 is 1.89 bits per heavy atom. The molecular formula is C12H15NO5. The Morgan fingerprint density at radius 1 is 1.22 bits per heavy atom. The van der Waals surface area contributed by atoms with Gasteiger partial charge in [0.25, 0.3) is 5.91 Å². The summed E-state index contributed by atoms with van der Waals surface area (Å²) in [6, 6.07) is 4.78. The van der Waals surface area contributed by atoms with E-state index >= 15 is 0 Å². The molecule has 0 radical (unpaired) electrons. The Kier molecular flexibility index (Phi) is 4.53. The SMILES string of the molecule is COc1cccc(C(=O)O[C@H](C)C(N)=O)c1OC. The molecule has 0 fully saturated rings.